The van der Waals surface area contributed by atoms with Crippen molar-refractivity contribution in [3.63, 3.8) is 0 Å². The average molecular weight is 304 g/mol. The van der Waals surface area contributed by atoms with E-state index in [0.29, 0.717) is 6.54 Å². The van der Waals surface area contributed by atoms with E-state index < -0.39 is 5.97 Å². The van der Waals surface area contributed by atoms with Gasteiger partial charge in [-0.25, -0.2) is 0 Å². The van der Waals surface area contributed by atoms with Gasteiger partial charge in [-0.15, -0.1) is 0 Å². The molecule has 1 aliphatic rings. The molecule has 2 rings (SSSR count). The van der Waals surface area contributed by atoms with Gasteiger partial charge in [0.1, 0.15) is 0 Å². The summed E-state index contributed by atoms with van der Waals surface area (Å²) in [4.78, 5) is 15.6. The Bertz CT molecular complexity index is 453. The molecule has 0 unspecified atom stereocenters. The van der Waals surface area contributed by atoms with Gasteiger partial charge in [0.25, 0.3) is 0 Å². The largest absolute Gasteiger partial charge is 0.481 e. The zero-order chi connectivity index (χ0) is 15.8. The summed E-state index contributed by atoms with van der Waals surface area (Å²) in [6.45, 7) is 7.01. The number of piperidine rings is 1. The van der Waals surface area contributed by atoms with Gasteiger partial charge in [-0.05, 0) is 50.0 Å². The van der Waals surface area contributed by atoms with Crippen molar-refractivity contribution in [2.45, 2.75) is 39.0 Å². The van der Waals surface area contributed by atoms with Crippen LogP contribution in [0.15, 0.2) is 24.3 Å². The highest BCUT2D eigenvalue weighted by atomic mass is 16.4. The molecule has 0 aromatic heterocycles. The van der Waals surface area contributed by atoms with Crippen molar-refractivity contribution >= 4 is 11.7 Å². The summed E-state index contributed by atoms with van der Waals surface area (Å²) >= 11 is 0. The zero-order valence-corrected chi connectivity index (χ0v) is 13.6. The van der Waals surface area contributed by atoms with E-state index in [9.17, 15) is 4.79 Å². The summed E-state index contributed by atoms with van der Waals surface area (Å²) in [7, 11) is 0. The Morgan fingerprint density at radius 1 is 1.14 bits per heavy atom. The van der Waals surface area contributed by atoms with Crippen LogP contribution in [0.2, 0.25) is 0 Å². The second-order valence-corrected chi connectivity index (χ2v) is 6.05. The second-order valence-electron chi connectivity index (χ2n) is 6.05. The first-order chi connectivity index (χ1) is 10.7. The third kappa shape index (κ3) is 5.34. The average Bonchev–Trinajstić information content (AvgIpc) is 2.56. The number of carboxylic acid groups (broad SMARTS) is 1. The molecule has 0 atom stereocenters. The van der Waals surface area contributed by atoms with Crippen LogP contribution in [0.25, 0.3) is 0 Å². The fourth-order valence-corrected chi connectivity index (χ4v) is 2.99. The lowest BCUT2D eigenvalue weighted by Gasteiger charge is -2.31. The number of likely N-dealkylation sites (tertiary alicyclic amines) is 1. The van der Waals surface area contributed by atoms with Gasteiger partial charge in [-0.3, -0.25) is 4.79 Å². The van der Waals surface area contributed by atoms with Crippen molar-refractivity contribution in [1.29, 1.82) is 0 Å². The molecular weight excluding hydrogens is 276 g/mol. The Hall–Kier alpha value is -1.55. The minimum absolute atomic E-state index is 0.190. The normalized spacial score (nSPS) is 15.7. The van der Waals surface area contributed by atoms with Gasteiger partial charge >= 0.3 is 5.97 Å². The fraction of sp³-hybridized carbons (Fsp3) is 0.611. The van der Waals surface area contributed by atoms with Gasteiger partial charge in [-0.1, -0.05) is 25.5 Å². The third-order valence-corrected chi connectivity index (χ3v) is 4.44. The number of benzene rings is 1. The van der Waals surface area contributed by atoms with Crippen LogP contribution in [0.3, 0.4) is 0 Å². The van der Waals surface area contributed by atoms with Gasteiger partial charge in [0.05, 0.1) is 6.42 Å². The van der Waals surface area contributed by atoms with E-state index in [4.69, 9.17) is 5.11 Å². The molecular formula is C18H28N2O2. The Morgan fingerprint density at radius 3 is 2.41 bits per heavy atom. The number of carbonyl (C=O) groups is 1. The molecule has 1 aromatic carbocycles. The molecule has 1 heterocycles. The molecule has 0 spiro atoms. The number of hydrogen-bond donors (Lipinski definition) is 1. The predicted molar refractivity (Wildman–Crippen MR) is 90.6 cm³/mol. The van der Waals surface area contributed by atoms with E-state index in [2.05, 4.69) is 41.0 Å². The lowest BCUT2D eigenvalue weighted by atomic mass is 10.1. The molecule has 0 saturated carbocycles. The molecule has 1 aromatic rings. The number of rotatable bonds is 8. The maximum Gasteiger partial charge on any atom is 0.305 e. The van der Waals surface area contributed by atoms with E-state index in [-0.39, 0.29) is 6.42 Å². The second kappa shape index (κ2) is 8.79. The summed E-state index contributed by atoms with van der Waals surface area (Å²) in [5, 5.41) is 8.97. The molecule has 1 aliphatic heterocycles. The van der Waals surface area contributed by atoms with Crippen molar-refractivity contribution in [2.75, 3.05) is 37.6 Å². The molecule has 4 nitrogen and oxygen atoms in total. The quantitative estimate of drug-likeness (QED) is 0.802. The van der Waals surface area contributed by atoms with Crippen molar-refractivity contribution < 1.29 is 9.90 Å². The van der Waals surface area contributed by atoms with Crippen molar-refractivity contribution in [1.82, 2.24) is 4.90 Å². The molecule has 0 aliphatic carbocycles. The number of anilines is 1. The Morgan fingerprint density at radius 2 is 1.82 bits per heavy atom. The number of aliphatic carboxylic acids is 1. The maximum absolute atomic E-state index is 10.9. The number of aryl methyl sites for hydroxylation is 1. The molecule has 1 fully saturated rings. The zero-order valence-electron chi connectivity index (χ0n) is 13.6. The Kier molecular flexibility index (Phi) is 6.72. The van der Waals surface area contributed by atoms with Crippen LogP contribution in [0.1, 0.15) is 38.2 Å². The molecule has 4 heteroatoms. The van der Waals surface area contributed by atoms with Gasteiger partial charge in [0, 0.05) is 25.3 Å². The minimum Gasteiger partial charge on any atom is -0.481 e. The number of carboxylic acids is 1. The first-order valence-corrected chi connectivity index (χ1v) is 8.47. The highest BCUT2D eigenvalue weighted by Gasteiger charge is 2.13. The molecule has 0 bridgehead atoms. The third-order valence-electron chi connectivity index (χ3n) is 4.44. The summed E-state index contributed by atoms with van der Waals surface area (Å²) in [6.07, 6.45) is 5.15. The monoisotopic (exact) mass is 304 g/mol. The van der Waals surface area contributed by atoms with E-state index in [1.807, 2.05) is 0 Å². The van der Waals surface area contributed by atoms with Crippen LogP contribution >= 0.6 is 0 Å². The molecule has 1 saturated heterocycles. The Balaban J connectivity index is 1.95. The van der Waals surface area contributed by atoms with E-state index in [1.165, 1.54) is 37.9 Å². The fourth-order valence-electron chi connectivity index (χ4n) is 2.99. The van der Waals surface area contributed by atoms with Crippen LogP contribution in [-0.4, -0.2) is 48.7 Å². The molecule has 22 heavy (non-hydrogen) atoms. The lowest BCUT2D eigenvalue weighted by Crippen LogP contribution is -2.38. The van der Waals surface area contributed by atoms with Gasteiger partial charge in [0.15, 0.2) is 0 Å². The molecule has 1 N–H and O–H groups in total. The summed E-state index contributed by atoms with van der Waals surface area (Å²) < 4.78 is 0. The smallest absolute Gasteiger partial charge is 0.305 e. The van der Waals surface area contributed by atoms with Crippen LogP contribution in [0, 0.1) is 0 Å². The van der Waals surface area contributed by atoms with Crippen molar-refractivity contribution in [2.24, 2.45) is 0 Å². The van der Waals surface area contributed by atoms with Crippen LogP contribution in [0.5, 0.6) is 0 Å². The van der Waals surface area contributed by atoms with E-state index in [1.54, 1.807) is 0 Å². The first kappa shape index (κ1) is 16.8. The molecule has 122 valence electrons. The number of hydrogen-bond acceptors (Lipinski definition) is 3. The minimum atomic E-state index is -0.729. The highest BCUT2D eigenvalue weighted by Crippen LogP contribution is 2.17. The standard InChI is InChI=1S/C18H28N2O2/c1-2-16-6-8-17(9-7-16)20(13-10-18(21)22)15-14-19-11-4-3-5-12-19/h6-9H,2-5,10-15H2,1H3,(H,21,22). The summed E-state index contributed by atoms with van der Waals surface area (Å²) in [5.41, 5.74) is 2.45. The predicted octanol–water partition coefficient (Wildman–Crippen LogP) is 3.02. The van der Waals surface area contributed by atoms with Crippen LogP contribution < -0.4 is 4.90 Å². The van der Waals surface area contributed by atoms with Gasteiger partial charge in [-0.2, -0.15) is 0 Å². The topological polar surface area (TPSA) is 43.8 Å². The van der Waals surface area contributed by atoms with E-state index >= 15 is 0 Å². The van der Waals surface area contributed by atoms with Crippen LogP contribution in [-0.2, 0) is 11.2 Å². The van der Waals surface area contributed by atoms with Gasteiger partial charge < -0.3 is 14.9 Å². The van der Waals surface area contributed by atoms with E-state index in [0.717, 1.165) is 25.2 Å². The molecule has 0 amide bonds. The van der Waals surface area contributed by atoms with Gasteiger partial charge in [0.2, 0.25) is 0 Å². The number of nitrogens with zero attached hydrogens (tertiary/aromatic N) is 2. The van der Waals surface area contributed by atoms with Crippen molar-refractivity contribution in [3.05, 3.63) is 29.8 Å². The first-order valence-electron chi connectivity index (χ1n) is 8.47. The SMILES string of the molecule is CCc1ccc(N(CCC(=O)O)CCN2CCCCC2)cc1. The lowest BCUT2D eigenvalue weighted by molar-refractivity contribution is -0.136. The maximum atomic E-state index is 10.9. The van der Waals surface area contributed by atoms with Crippen LogP contribution in [0.4, 0.5) is 5.69 Å². The highest BCUT2D eigenvalue weighted by molar-refractivity contribution is 5.67. The summed E-state index contributed by atoms with van der Waals surface area (Å²) in [5.74, 6) is -0.729. The Labute approximate surface area is 133 Å². The molecule has 0 radical (unpaired) electrons. The van der Waals surface area contributed by atoms with Crippen molar-refractivity contribution in [3.8, 4) is 0 Å². The summed E-state index contributed by atoms with van der Waals surface area (Å²) in [6, 6.07) is 8.53.